The molecule has 0 aromatic carbocycles. The van der Waals surface area contributed by atoms with E-state index in [1.165, 1.54) is 28.0 Å². The first kappa shape index (κ1) is 20.6. The summed E-state index contributed by atoms with van der Waals surface area (Å²) in [5, 5.41) is 23.3. The molecule has 10 heteroatoms. The van der Waals surface area contributed by atoms with Gasteiger partial charge in [-0.1, -0.05) is 6.07 Å². The molecular weight excluding hydrogens is 426 g/mol. The summed E-state index contributed by atoms with van der Waals surface area (Å²) in [7, 11) is 0. The maximum absolute atomic E-state index is 12.7. The van der Waals surface area contributed by atoms with E-state index in [1.807, 2.05) is 17.5 Å². The van der Waals surface area contributed by atoms with Crippen molar-refractivity contribution < 1.29 is 29.2 Å². The summed E-state index contributed by atoms with van der Waals surface area (Å²) in [5.74, 6) is -1.38. The SMILES string of the molecule is O=C(Cc1cccs1)NC1C(=O)N2C(C(=O)O)=C(C[n+]3cccc(CO)c3)CS[C@H]12. The topological polar surface area (TPSA) is 111 Å². The Morgan fingerprint density at radius 1 is 1.30 bits per heavy atom. The lowest BCUT2D eigenvalue weighted by Gasteiger charge is -2.49. The third-order valence-corrected chi connectivity index (χ3v) is 7.17. The van der Waals surface area contributed by atoms with Crippen LogP contribution >= 0.6 is 23.1 Å². The Morgan fingerprint density at radius 2 is 2.13 bits per heavy atom. The lowest BCUT2D eigenvalue weighted by atomic mass is 10.0. The van der Waals surface area contributed by atoms with Crippen LogP contribution in [0.3, 0.4) is 0 Å². The molecule has 0 saturated carbocycles. The Kier molecular flexibility index (Phi) is 5.89. The van der Waals surface area contributed by atoms with Gasteiger partial charge in [-0.15, -0.1) is 23.1 Å². The van der Waals surface area contributed by atoms with Crippen LogP contribution in [0.2, 0.25) is 0 Å². The zero-order valence-electron chi connectivity index (χ0n) is 15.9. The van der Waals surface area contributed by atoms with Gasteiger partial charge in [0.1, 0.15) is 17.1 Å². The summed E-state index contributed by atoms with van der Waals surface area (Å²) in [6.07, 6.45) is 3.73. The van der Waals surface area contributed by atoms with Gasteiger partial charge in [0.05, 0.1) is 13.0 Å². The summed E-state index contributed by atoms with van der Waals surface area (Å²) in [6.45, 7) is 0.189. The monoisotopic (exact) mass is 446 g/mol. The van der Waals surface area contributed by atoms with Gasteiger partial charge in [0.25, 0.3) is 5.91 Å². The van der Waals surface area contributed by atoms with E-state index in [0.29, 0.717) is 23.4 Å². The number of carbonyl (C=O) groups excluding carboxylic acids is 2. The maximum Gasteiger partial charge on any atom is 0.352 e. The summed E-state index contributed by atoms with van der Waals surface area (Å²) in [4.78, 5) is 39.1. The average molecular weight is 447 g/mol. The molecular formula is C20H20N3O5S2+. The van der Waals surface area contributed by atoms with Crippen molar-refractivity contribution in [2.45, 2.75) is 31.0 Å². The van der Waals surface area contributed by atoms with E-state index < -0.39 is 23.3 Å². The molecule has 8 nitrogen and oxygen atoms in total. The number of carboxylic acids is 1. The van der Waals surface area contributed by atoms with E-state index >= 15 is 0 Å². The number of amides is 2. The van der Waals surface area contributed by atoms with Gasteiger partial charge in [-0.05, 0) is 17.5 Å². The Morgan fingerprint density at radius 3 is 2.83 bits per heavy atom. The van der Waals surface area contributed by atoms with Gasteiger partial charge >= 0.3 is 5.97 Å². The third-order valence-electron chi connectivity index (χ3n) is 4.96. The quantitative estimate of drug-likeness (QED) is 0.422. The molecule has 1 unspecified atom stereocenters. The number of carbonyl (C=O) groups is 3. The second-order valence-electron chi connectivity index (χ2n) is 7.01. The van der Waals surface area contributed by atoms with E-state index in [1.54, 1.807) is 29.1 Å². The van der Waals surface area contributed by atoms with Crippen LogP contribution in [0.5, 0.6) is 0 Å². The highest BCUT2D eigenvalue weighted by molar-refractivity contribution is 8.00. The highest BCUT2D eigenvalue weighted by Gasteiger charge is 2.54. The van der Waals surface area contributed by atoms with Gasteiger partial charge < -0.3 is 15.5 Å². The van der Waals surface area contributed by atoms with Crippen molar-refractivity contribution in [3.05, 3.63) is 63.7 Å². The Bertz CT molecular complexity index is 1020. The normalized spacial score (nSPS) is 20.6. The molecule has 30 heavy (non-hydrogen) atoms. The number of aliphatic hydroxyl groups is 1. The van der Waals surface area contributed by atoms with Crippen molar-refractivity contribution in [2.24, 2.45) is 0 Å². The number of carboxylic acid groups (broad SMARTS) is 1. The van der Waals surface area contributed by atoms with Gasteiger partial charge in [0.15, 0.2) is 18.9 Å². The molecule has 1 saturated heterocycles. The Labute approximate surface area is 180 Å². The fourth-order valence-corrected chi connectivity index (χ4v) is 5.63. The number of thiophene rings is 1. The molecule has 1 fully saturated rings. The number of hydrogen-bond donors (Lipinski definition) is 3. The number of pyridine rings is 1. The van der Waals surface area contributed by atoms with Crippen LogP contribution in [0.15, 0.2) is 53.3 Å². The van der Waals surface area contributed by atoms with Crippen molar-refractivity contribution in [2.75, 3.05) is 5.75 Å². The first-order valence-electron chi connectivity index (χ1n) is 9.28. The van der Waals surface area contributed by atoms with Crippen LogP contribution < -0.4 is 9.88 Å². The van der Waals surface area contributed by atoms with Crippen LogP contribution in [0.4, 0.5) is 0 Å². The molecule has 3 N–H and O–H groups in total. The predicted molar refractivity (Wildman–Crippen MR) is 110 cm³/mol. The number of hydrogen-bond acceptors (Lipinski definition) is 6. The van der Waals surface area contributed by atoms with E-state index in [2.05, 4.69) is 5.32 Å². The van der Waals surface area contributed by atoms with Crippen molar-refractivity contribution in [1.82, 2.24) is 10.2 Å². The molecule has 2 amide bonds. The number of rotatable bonds is 7. The third kappa shape index (κ3) is 3.98. The number of aliphatic hydroxyl groups excluding tert-OH is 1. The molecule has 2 aliphatic heterocycles. The number of nitrogens with one attached hydrogen (secondary N) is 1. The second-order valence-corrected chi connectivity index (χ2v) is 9.15. The molecule has 0 radical (unpaired) electrons. The minimum absolute atomic E-state index is 0.0191. The smallest absolute Gasteiger partial charge is 0.352 e. The van der Waals surface area contributed by atoms with Crippen LogP contribution in [0, 0.1) is 0 Å². The summed E-state index contributed by atoms with van der Waals surface area (Å²) in [5.41, 5.74) is 1.31. The molecule has 156 valence electrons. The largest absolute Gasteiger partial charge is 0.477 e. The van der Waals surface area contributed by atoms with E-state index in [0.717, 1.165) is 4.88 Å². The number of aromatic nitrogens is 1. The van der Waals surface area contributed by atoms with Gasteiger partial charge in [-0.25, -0.2) is 9.36 Å². The zero-order valence-corrected chi connectivity index (χ0v) is 17.5. The summed E-state index contributed by atoms with van der Waals surface area (Å²) in [6, 6.07) is 6.55. The predicted octanol–water partition coefficient (Wildman–Crippen LogP) is 0.509. The fourth-order valence-electron chi connectivity index (χ4n) is 3.59. The van der Waals surface area contributed by atoms with Crippen molar-refractivity contribution >= 4 is 40.9 Å². The Balaban J connectivity index is 1.50. The van der Waals surface area contributed by atoms with Gasteiger partial charge in [-0.2, -0.15) is 0 Å². The summed E-state index contributed by atoms with van der Waals surface area (Å²) < 4.78 is 1.79. The van der Waals surface area contributed by atoms with Crippen LogP contribution in [0.1, 0.15) is 10.4 Å². The number of thioether (sulfide) groups is 1. The van der Waals surface area contributed by atoms with E-state index in [4.69, 9.17) is 0 Å². The standard InChI is InChI=1S/C20H19N3O5S2/c24-10-12-3-1-5-22(8-12)9-13-11-30-19-16(18(26)23(19)17(13)20(27)28)21-15(25)7-14-4-2-6-29-14/h1-6,8,16,19,24H,7,9-11H2,(H-,21,25,27,28)/p+1/t16?,19-/m1/s1. The van der Waals surface area contributed by atoms with Crippen LogP contribution in [-0.4, -0.2) is 50.1 Å². The molecule has 2 atom stereocenters. The van der Waals surface area contributed by atoms with Crippen LogP contribution in [-0.2, 0) is 34.0 Å². The zero-order chi connectivity index (χ0) is 21.3. The lowest BCUT2D eigenvalue weighted by Crippen LogP contribution is -2.70. The molecule has 0 spiro atoms. The van der Waals surface area contributed by atoms with E-state index in [9.17, 15) is 24.6 Å². The molecule has 2 aromatic heterocycles. The van der Waals surface area contributed by atoms with Gasteiger partial charge in [0.2, 0.25) is 5.91 Å². The van der Waals surface area contributed by atoms with Crippen molar-refractivity contribution in [3.8, 4) is 0 Å². The van der Waals surface area contributed by atoms with Crippen molar-refractivity contribution in [3.63, 3.8) is 0 Å². The molecule has 2 aliphatic rings. The molecule has 4 heterocycles. The first-order chi connectivity index (χ1) is 14.5. The fraction of sp³-hybridized carbons (Fsp3) is 0.300. The molecule has 2 aromatic rings. The Hall–Kier alpha value is -2.69. The molecule has 4 rings (SSSR count). The second kappa shape index (κ2) is 8.58. The highest BCUT2D eigenvalue weighted by atomic mass is 32.2. The first-order valence-corrected chi connectivity index (χ1v) is 11.2. The highest BCUT2D eigenvalue weighted by Crippen LogP contribution is 2.40. The van der Waals surface area contributed by atoms with E-state index in [-0.39, 0.29) is 24.6 Å². The molecule has 0 aliphatic carbocycles. The minimum Gasteiger partial charge on any atom is -0.477 e. The maximum atomic E-state index is 12.7. The lowest BCUT2D eigenvalue weighted by molar-refractivity contribution is -0.689. The minimum atomic E-state index is -1.16. The average Bonchev–Trinajstić information content (AvgIpc) is 3.24. The summed E-state index contributed by atoms with van der Waals surface area (Å²) >= 11 is 2.91. The molecule has 0 bridgehead atoms. The number of nitrogens with zero attached hydrogens (tertiary/aromatic N) is 2. The number of fused-ring (bicyclic) bond motifs is 1. The van der Waals surface area contributed by atoms with Crippen molar-refractivity contribution in [1.29, 1.82) is 0 Å². The van der Waals surface area contributed by atoms with Crippen LogP contribution in [0.25, 0.3) is 0 Å². The number of β-lactam (4-membered cyclic amide) rings is 1. The van der Waals surface area contributed by atoms with Gasteiger partial charge in [0, 0.05) is 27.8 Å². The van der Waals surface area contributed by atoms with Gasteiger partial charge in [-0.3, -0.25) is 14.5 Å². The number of aliphatic carboxylic acids is 1.